The Bertz CT molecular complexity index is 943. The number of nitrogens with zero attached hydrogens (tertiary/aromatic N) is 3. The van der Waals surface area contributed by atoms with Crippen molar-refractivity contribution in [2.24, 2.45) is 0 Å². The molecule has 3 aromatic rings. The molecule has 0 saturated carbocycles. The van der Waals surface area contributed by atoms with E-state index in [9.17, 15) is 4.79 Å². The molecule has 0 fully saturated rings. The molecule has 2 aromatic heterocycles. The van der Waals surface area contributed by atoms with Gasteiger partial charge in [0.05, 0.1) is 27.0 Å². The maximum absolute atomic E-state index is 12.1. The highest BCUT2D eigenvalue weighted by Crippen LogP contribution is 2.33. The number of nitrogens with one attached hydrogen (secondary N) is 1. The molecule has 0 unspecified atom stereocenters. The molecule has 146 valence electrons. The van der Waals surface area contributed by atoms with Crippen molar-refractivity contribution >= 4 is 17.2 Å². The van der Waals surface area contributed by atoms with Crippen LogP contribution in [0, 0.1) is 0 Å². The molecule has 28 heavy (non-hydrogen) atoms. The van der Waals surface area contributed by atoms with Crippen LogP contribution in [0.5, 0.6) is 17.4 Å². The number of aromatic nitrogens is 3. The Morgan fingerprint density at radius 1 is 1.04 bits per heavy atom. The predicted octanol–water partition coefficient (Wildman–Crippen LogP) is 2.60. The molecule has 0 saturated heterocycles. The summed E-state index contributed by atoms with van der Waals surface area (Å²) in [4.78, 5) is 16.7. The fourth-order valence-electron chi connectivity index (χ4n) is 2.47. The van der Waals surface area contributed by atoms with Gasteiger partial charge in [-0.05, 0) is 24.3 Å². The zero-order valence-corrected chi connectivity index (χ0v) is 16.6. The SMILES string of the molecule is COc1ccc(C(=O)NCCc2csc(-c3ccc(OC)c(OC)c3)n2)nn1. The molecule has 3 rings (SSSR count). The van der Waals surface area contributed by atoms with E-state index in [0.717, 1.165) is 16.3 Å². The van der Waals surface area contributed by atoms with E-state index in [0.29, 0.717) is 30.3 Å². The summed E-state index contributed by atoms with van der Waals surface area (Å²) in [5, 5.41) is 13.3. The number of methoxy groups -OCH3 is 3. The molecule has 0 aliphatic rings. The summed E-state index contributed by atoms with van der Waals surface area (Å²) in [6.07, 6.45) is 0.610. The summed E-state index contributed by atoms with van der Waals surface area (Å²) in [5.74, 6) is 1.41. The molecule has 2 heterocycles. The predicted molar refractivity (Wildman–Crippen MR) is 105 cm³/mol. The quantitative estimate of drug-likeness (QED) is 0.621. The highest BCUT2D eigenvalue weighted by atomic mass is 32.1. The molecule has 0 aliphatic carbocycles. The second-order valence-electron chi connectivity index (χ2n) is 5.68. The van der Waals surface area contributed by atoms with Gasteiger partial charge in [0, 0.05) is 30.0 Å². The average Bonchev–Trinajstić information content (AvgIpc) is 3.22. The molecule has 1 N–H and O–H groups in total. The lowest BCUT2D eigenvalue weighted by Crippen LogP contribution is -2.26. The third-order valence-corrected chi connectivity index (χ3v) is 4.87. The number of carbonyl (C=O) groups is 1. The van der Waals surface area contributed by atoms with Crippen molar-refractivity contribution in [3.63, 3.8) is 0 Å². The number of carbonyl (C=O) groups excluding carboxylic acids is 1. The molecule has 0 atom stereocenters. The van der Waals surface area contributed by atoms with Gasteiger partial charge in [-0.15, -0.1) is 21.5 Å². The fraction of sp³-hybridized carbons (Fsp3) is 0.263. The van der Waals surface area contributed by atoms with Gasteiger partial charge in [-0.3, -0.25) is 4.79 Å². The van der Waals surface area contributed by atoms with Gasteiger partial charge in [0.2, 0.25) is 5.88 Å². The smallest absolute Gasteiger partial charge is 0.271 e. The van der Waals surface area contributed by atoms with E-state index < -0.39 is 0 Å². The highest BCUT2D eigenvalue weighted by Gasteiger charge is 2.11. The van der Waals surface area contributed by atoms with E-state index in [1.54, 1.807) is 26.4 Å². The van der Waals surface area contributed by atoms with Crippen LogP contribution in [0.15, 0.2) is 35.7 Å². The van der Waals surface area contributed by atoms with E-state index in [4.69, 9.17) is 14.2 Å². The maximum atomic E-state index is 12.1. The van der Waals surface area contributed by atoms with E-state index in [-0.39, 0.29) is 11.6 Å². The Hall–Kier alpha value is -3.20. The number of amides is 1. The molecule has 0 aliphatic heterocycles. The Balaban J connectivity index is 1.58. The van der Waals surface area contributed by atoms with Crippen LogP contribution in [-0.4, -0.2) is 49.0 Å². The summed E-state index contributed by atoms with van der Waals surface area (Å²) in [6, 6.07) is 8.85. The number of benzene rings is 1. The number of rotatable bonds is 8. The van der Waals surface area contributed by atoms with Gasteiger partial charge >= 0.3 is 0 Å². The Kier molecular flexibility index (Phi) is 6.38. The first-order valence-corrected chi connectivity index (χ1v) is 9.35. The minimum absolute atomic E-state index is 0.241. The molecule has 9 heteroatoms. The second kappa shape index (κ2) is 9.14. The minimum atomic E-state index is -0.287. The Morgan fingerprint density at radius 2 is 1.86 bits per heavy atom. The number of ether oxygens (including phenoxy) is 3. The number of hydrogen-bond acceptors (Lipinski definition) is 8. The van der Waals surface area contributed by atoms with Gasteiger partial charge in [0.15, 0.2) is 17.2 Å². The van der Waals surface area contributed by atoms with Crippen molar-refractivity contribution in [2.75, 3.05) is 27.9 Å². The van der Waals surface area contributed by atoms with Crippen LogP contribution in [0.1, 0.15) is 16.2 Å². The first-order valence-electron chi connectivity index (χ1n) is 8.47. The topological polar surface area (TPSA) is 95.5 Å². The normalized spacial score (nSPS) is 10.4. The van der Waals surface area contributed by atoms with Crippen molar-refractivity contribution in [1.82, 2.24) is 20.5 Å². The van der Waals surface area contributed by atoms with Crippen LogP contribution in [-0.2, 0) is 6.42 Å². The third-order valence-electron chi connectivity index (χ3n) is 3.93. The molecule has 1 amide bonds. The van der Waals surface area contributed by atoms with Crippen LogP contribution in [0.4, 0.5) is 0 Å². The van der Waals surface area contributed by atoms with Gasteiger partial charge in [0.1, 0.15) is 5.01 Å². The van der Waals surface area contributed by atoms with Crippen molar-refractivity contribution < 1.29 is 19.0 Å². The zero-order chi connectivity index (χ0) is 19.9. The largest absolute Gasteiger partial charge is 0.493 e. The number of thiazole rings is 1. The molecule has 0 spiro atoms. The summed E-state index contributed by atoms with van der Waals surface area (Å²) in [7, 11) is 4.70. The van der Waals surface area contributed by atoms with Crippen LogP contribution in [0.3, 0.4) is 0 Å². The maximum Gasteiger partial charge on any atom is 0.271 e. The van der Waals surface area contributed by atoms with Gasteiger partial charge < -0.3 is 19.5 Å². The molecule has 1 aromatic carbocycles. The van der Waals surface area contributed by atoms with Crippen molar-refractivity contribution in [1.29, 1.82) is 0 Å². The minimum Gasteiger partial charge on any atom is -0.493 e. The van der Waals surface area contributed by atoms with Gasteiger partial charge in [0.25, 0.3) is 5.91 Å². The van der Waals surface area contributed by atoms with Gasteiger partial charge in [-0.2, -0.15) is 0 Å². The van der Waals surface area contributed by atoms with Crippen molar-refractivity contribution in [2.45, 2.75) is 6.42 Å². The van der Waals surface area contributed by atoms with Crippen molar-refractivity contribution in [3.8, 4) is 28.0 Å². The molecule has 0 radical (unpaired) electrons. The summed E-state index contributed by atoms with van der Waals surface area (Å²) >= 11 is 1.54. The fourth-order valence-corrected chi connectivity index (χ4v) is 3.32. The lowest BCUT2D eigenvalue weighted by molar-refractivity contribution is 0.0948. The standard InChI is InChI=1S/C19H20N4O4S/c1-25-15-6-4-12(10-16(15)26-2)19-21-13(11-28-19)8-9-20-18(24)14-5-7-17(27-3)23-22-14/h4-7,10-11H,8-9H2,1-3H3,(H,20,24). The van der Waals surface area contributed by atoms with E-state index >= 15 is 0 Å². The van der Waals surface area contributed by atoms with Crippen LogP contribution in [0.25, 0.3) is 10.6 Å². The van der Waals surface area contributed by atoms with E-state index in [1.165, 1.54) is 18.4 Å². The first-order chi connectivity index (χ1) is 13.6. The third kappa shape index (κ3) is 4.55. The van der Waals surface area contributed by atoms with E-state index in [2.05, 4.69) is 20.5 Å². The van der Waals surface area contributed by atoms with Crippen LogP contribution in [0.2, 0.25) is 0 Å². The summed E-state index contributed by atoms with van der Waals surface area (Å²) in [5.41, 5.74) is 2.09. The molecule has 0 bridgehead atoms. The highest BCUT2D eigenvalue weighted by molar-refractivity contribution is 7.13. The lowest BCUT2D eigenvalue weighted by atomic mass is 10.2. The molecule has 8 nitrogen and oxygen atoms in total. The first kappa shape index (κ1) is 19.6. The lowest BCUT2D eigenvalue weighted by Gasteiger charge is -2.08. The zero-order valence-electron chi connectivity index (χ0n) is 15.8. The monoisotopic (exact) mass is 400 g/mol. The Morgan fingerprint density at radius 3 is 2.54 bits per heavy atom. The molecular weight excluding hydrogens is 380 g/mol. The van der Waals surface area contributed by atoms with E-state index in [1.807, 2.05) is 23.6 Å². The molecular formula is C19H20N4O4S. The number of hydrogen-bond donors (Lipinski definition) is 1. The van der Waals surface area contributed by atoms with Gasteiger partial charge in [-0.1, -0.05) is 0 Å². The average molecular weight is 400 g/mol. The Labute approximate surface area is 166 Å². The van der Waals surface area contributed by atoms with Crippen LogP contribution < -0.4 is 19.5 Å². The second-order valence-corrected chi connectivity index (χ2v) is 6.54. The summed E-state index contributed by atoms with van der Waals surface area (Å²) < 4.78 is 15.5. The summed E-state index contributed by atoms with van der Waals surface area (Å²) in [6.45, 7) is 0.446. The van der Waals surface area contributed by atoms with Crippen LogP contribution >= 0.6 is 11.3 Å². The van der Waals surface area contributed by atoms with Gasteiger partial charge in [-0.25, -0.2) is 4.98 Å². The van der Waals surface area contributed by atoms with Crippen molar-refractivity contribution in [3.05, 3.63) is 47.1 Å².